The molecule has 0 spiro atoms. The van der Waals surface area contributed by atoms with Crippen LogP contribution in [0.1, 0.15) is 25.0 Å². The van der Waals surface area contributed by atoms with Crippen LogP contribution in [0.5, 0.6) is 11.5 Å². The fourth-order valence-electron chi connectivity index (χ4n) is 2.85. The van der Waals surface area contributed by atoms with Gasteiger partial charge in [0.2, 0.25) is 0 Å². The summed E-state index contributed by atoms with van der Waals surface area (Å²) in [5.74, 6) is 1.16. The fourth-order valence-corrected chi connectivity index (χ4v) is 2.85. The molecule has 0 fully saturated rings. The van der Waals surface area contributed by atoms with E-state index in [1.54, 1.807) is 30.3 Å². The number of hydrogen-bond donors (Lipinski definition) is 1. The molecule has 1 atom stereocenters. The maximum Gasteiger partial charge on any atom is 0.266 e. The van der Waals surface area contributed by atoms with Gasteiger partial charge in [0.15, 0.2) is 0 Å². The van der Waals surface area contributed by atoms with Crippen molar-refractivity contribution in [3.8, 4) is 17.6 Å². The van der Waals surface area contributed by atoms with E-state index < -0.39 is 5.91 Å². The number of ether oxygens (including phenoxy) is 2. The van der Waals surface area contributed by atoms with Gasteiger partial charge in [0.05, 0.1) is 6.61 Å². The molecule has 0 aromatic heterocycles. The molecule has 26 heavy (non-hydrogen) atoms. The molecule has 0 unspecified atom stereocenters. The van der Waals surface area contributed by atoms with Gasteiger partial charge in [-0.3, -0.25) is 4.79 Å². The summed E-state index contributed by atoms with van der Waals surface area (Å²) in [7, 11) is 0. The van der Waals surface area contributed by atoms with Gasteiger partial charge in [-0.1, -0.05) is 6.07 Å². The van der Waals surface area contributed by atoms with Crippen LogP contribution in [0.15, 0.2) is 48.0 Å². The minimum atomic E-state index is -0.443. The van der Waals surface area contributed by atoms with Crippen LogP contribution in [-0.2, 0) is 11.2 Å². The lowest BCUT2D eigenvalue weighted by atomic mass is 10.0. The van der Waals surface area contributed by atoms with Crippen molar-refractivity contribution in [1.29, 1.82) is 5.26 Å². The largest absolute Gasteiger partial charge is 0.494 e. The molecule has 1 aliphatic heterocycles. The van der Waals surface area contributed by atoms with Crippen molar-refractivity contribution in [2.75, 3.05) is 11.9 Å². The van der Waals surface area contributed by atoms with Crippen LogP contribution in [-0.4, -0.2) is 18.6 Å². The lowest BCUT2D eigenvalue weighted by Crippen LogP contribution is -2.13. The number of anilines is 1. The maximum atomic E-state index is 12.4. The average molecular weight is 348 g/mol. The van der Waals surface area contributed by atoms with Crippen molar-refractivity contribution >= 4 is 17.7 Å². The number of benzene rings is 2. The molecule has 3 rings (SSSR count). The Morgan fingerprint density at radius 2 is 2.12 bits per heavy atom. The lowest BCUT2D eigenvalue weighted by Gasteiger charge is -2.07. The van der Waals surface area contributed by atoms with Crippen LogP contribution in [0, 0.1) is 11.3 Å². The van der Waals surface area contributed by atoms with Crippen molar-refractivity contribution in [1.82, 2.24) is 0 Å². The number of nitrogens with zero attached hydrogens (tertiary/aromatic N) is 1. The summed E-state index contributed by atoms with van der Waals surface area (Å²) in [5, 5.41) is 12.1. The van der Waals surface area contributed by atoms with E-state index in [-0.39, 0.29) is 11.7 Å². The zero-order chi connectivity index (χ0) is 18.5. The number of hydrogen-bond acceptors (Lipinski definition) is 4. The van der Waals surface area contributed by atoms with Crippen LogP contribution in [0.4, 0.5) is 5.69 Å². The zero-order valence-electron chi connectivity index (χ0n) is 14.8. The Labute approximate surface area is 152 Å². The predicted molar refractivity (Wildman–Crippen MR) is 100 cm³/mol. The number of fused-ring (bicyclic) bond motifs is 1. The molecule has 5 heteroatoms. The highest BCUT2D eigenvalue weighted by Crippen LogP contribution is 2.30. The van der Waals surface area contributed by atoms with Crippen LogP contribution < -0.4 is 14.8 Å². The summed E-state index contributed by atoms with van der Waals surface area (Å²) in [6.07, 6.45) is 2.58. The highest BCUT2D eigenvalue weighted by atomic mass is 16.5. The second-order valence-electron chi connectivity index (χ2n) is 6.08. The first kappa shape index (κ1) is 17.6. The Bertz CT molecular complexity index is 879. The lowest BCUT2D eigenvalue weighted by molar-refractivity contribution is -0.112. The van der Waals surface area contributed by atoms with Gasteiger partial charge in [-0.2, -0.15) is 5.26 Å². The van der Waals surface area contributed by atoms with E-state index in [1.807, 2.05) is 38.1 Å². The molecule has 2 aromatic rings. The van der Waals surface area contributed by atoms with Crippen LogP contribution in [0.25, 0.3) is 6.08 Å². The van der Waals surface area contributed by atoms with Crippen molar-refractivity contribution in [3.63, 3.8) is 0 Å². The van der Waals surface area contributed by atoms with E-state index in [1.165, 1.54) is 0 Å². The van der Waals surface area contributed by atoms with E-state index in [0.717, 1.165) is 29.0 Å². The number of nitriles is 1. The van der Waals surface area contributed by atoms with Crippen LogP contribution in [0.2, 0.25) is 0 Å². The summed E-state index contributed by atoms with van der Waals surface area (Å²) < 4.78 is 11.0. The number of nitrogens with one attached hydrogen (secondary N) is 1. The highest BCUT2D eigenvalue weighted by Gasteiger charge is 2.19. The Hall–Kier alpha value is -3.26. The Morgan fingerprint density at radius 3 is 2.81 bits per heavy atom. The third kappa shape index (κ3) is 4.04. The zero-order valence-corrected chi connectivity index (χ0v) is 14.8. The quantitative estimate of drug-likeness (QED) is 0.656. The molecular weight excluding hydrogens is 328 g/mol. The van der Waals surface area contributed by atoms with Crippen LogP contribution >= 0.6 is 0 Å². The first-order valence-corrected chi connectivity index (χ1v) is 8.54. The van der Waals surface area contributed by atoms with Crippen molar-refractivity contribution in [2.24, 2.45) is 0 Å². The highest BCUT2D eigenvalue weighted by molar-refractivity contribution is 6.09. The SMILES string of the molecule is CCOc1ccc(NC(=O)/C(C#N)=C/c2ccc3c(c2)C[C@H](C)O3)cc1. The standard InChI is InChI=1S/C21H20N2O3/c1-3-25-19-7-5-18(6-8-19)23-21(24)17(13-22)12-15-4-9-20-16(11-15)10-14(2)26-20/h4-9,11-12,14H,3,10H2,1-2H3,(H,23,24)/b17-12+/t14-/m0/s1. The Balaban J connectivity index is 1.74. The average Bonchev–Trinajstić information content (AvgIpc) is 3.00. The van der Waals surface area contributed by atoms with Gasteiger partial charge in [-0.05, 0) is 67.4 Å². The fraction of sp³-hybridized carbons (Fsp3) is 0.238. The van der Waals surface area contributed by atoms with E-state index in [2.05, 4.69) is 5.32 Å². The summed E-state index contributed by atoms with van der Waals surface area (Å²) in [6, 6.07) is 14.7. The summed E-state index contributed by atoms with van der Waals surface area (Å²) >= 11 is 0. The first-order chi connectivity index (χ1) is 12.6. The molecule has 0 aliphatic carbocycles. The minimum Gasteiger partial charge on any atom is -0.494 e. The molecular formula is C21H20N2O3. The van der Waals surface area contributed by atoms with Gasteiger partial charge < -0.3 is 14.8 Å². The van der Waals surface area contributed by atoms with Gasteiger partial charge in [0.1, 0.15) is 29.2 Å². The third-order valence-corrected chi connectivity index (χ3v) is 4.02. The molecule has 0 saturated carbocycles. The van der Waals surface area contributed by atoms with Gasteiger partial charge in [-0.15, -0.1) is 0 Å². The third-order valence-electron chi connectivity index (χ3n) is 4.02. The maximum absolute atomic E-state index is 12.4. The van der Waals surface area contributed by atoms with E-state index in [9.17, 15) is 10.1 Å². The normalized spacial score (nSPS) is 15.6. The number of carbonyl (C=O) groups excluding carboxylic acids is 1. The summed E-state index contributed by atoms with van der Waals surface area (Å²) in [4.78, 5) is 12.4. The Morgan fingerprint density at radius 1 is 1.35 bits per heavy atom. The molecule has 132 valence electrons. The van der Waals surface area contributed by atoms with E-state index >= 15 is 0 Å². The minimum absolute atomic E-state index is 0.0470. The number of carbonyl (C=O) groups is 1. The van der Waals surface area contributed by atoms with E-state index in [4.69, 9.17) is 9.47 Å². The molecule has 0 bridgehead atoms. The second kappa shape index (κ2) is 7.75. The monoisotopic (exact) mass is 348 g/mol. The van der Waals surface area contributed by atoms with Crippen molar-refractivity contribution < 1.29 is 14.3 Å². The van der Waals surface area contributed by atoms with Crippen molar-refractivity contribution in [2.45, 2.75) is 26.4 Å². The number of amides is 1. The summed E-state index contributed by atoms with van der Waals surface area (Å²) in [5.41, 5.74) is 2.55. The van der Waals surface area contributed by atoms with Crippen molar-refractivity contribution in [3.05, 3.63) is 59.2 Å². The molecule has 1 heterocycles. The molecule has 0 radical (unpaired) electrons. The molecule has 1 amide bonds. The topological polar surface area (TPSA) is 71.3 Å². The molecule has 2 aromatic carbocycles. The first-order valence-electron chi connectivity index (χ1n) is 8.54. The Kier molecular flexibility index (Phi) is 5.23. The van der Waals surface area contributed by atoms with Gasteiger partial charge in [0, 0.05) is 12.1 Å². The van der Waals surface area contributed by atoms with E-state index in [0.29, 0.717) is 12.3 Å². The number of rotatable bonds is 5. The predicted octanol–water partition coefficient (Wildman–Crippen LogP) is 3.95. The molecule has 1 N–H and O–H groups in total. The van der Waals surface area contributed by atoms with Gasteiger partial charge in [-0.25, -0.2) is 0 Å². The van der Waals surface area contributed by atoms with Gasteiger partial charge >= 0.3 is 0 Å². The smallest absolute Gasteiger partial charge is 0.266 e. The second-order valence-corrected chi connectivity index (χ2v) is 6.08. The van der Waals surface area contributed by atoms with Gasteiger partial charge in [0.25, 0.3) is 5.91 Å². The van der Waals surface area contributed by atoms with Crippen LogP contribution in [0.3, 0.4) is 0 Å². The molecule has 0 saturated heterocycles. The molecule has 1 aliphatic rings. The molecule has 5 nitrogen and oxygen atoms in total. The summed E-state index contributed by atoms with van der Waals surface area (Å²) in [6.45, 7) is 4.50.